The van der Waals surface area contributed by atoms with E-state index in [9.17, 15) is 9.90 Å². The molecule has 1 heterocycles. The van der Waals surface area contributed by atoms with Crippen LogP contribution in [0.25, 0.3) is 0 Å². The van der Waals surface area contributed by atoms with Crippen LogP contribution in [0.4, 0.5) is 5.82 Å². The molecule has 1 saturated carbocycles. The molecule has 2 rings (SSSR count). The first-order valence-electron chi connectivity index (χ1n) is 7.17. The monoisotopic (exact) mass is 277 g/mol. The van der Waals surface area contributed by atoms with Crippen molar-refractivity contribution in [2.24, 2.45) is 5.92 Å². The zero-order valence-corrected chi connectivity index (χ0v) is 12.1. The second-order valence-corrected chi connectivity index (χ2v) is 5.77. The molecule has 20 heavy (non-hydrogen) atoms. The molecule has 1 aromatic heterocycles. The average molecular weight is 277 g/mol. The van der Waals surface area contributed by atoms with Crippen molar-refractivity contribution < 1.29 is 9.90 Å². The molecular formula is C15H23N3O2. The van der Waals surface area contributed by atoms with Crippen LogP contribution in [0.2, 0.25) is 0 Å². The van der Waals surface area contributed by atoms with E-state index in [1.807, 2.05) is 0 Å². The van der Waals surface area contributed by atoms with E-state index in [4.69, 9.17) is 0 Å². The van der Waals surface area contributed by atoms with E-state index in [1.54, 1.807) is 19.2 Å². The molecule has 0 atom stereocenters. The van der Waals surface area contributed by atoms with Gasteiger partial charge in [-0.1, -0.05) is 6.92 Å². The van der Waals surface area contributed by atoms with E-state index >= 15 is 0 Å². The number of nitrogens with zero attached hydrogens (tertiary/aromatic N) is 1. The largest absolute Gasteiger partial charge is 0.388 e. The van der Waals surface area contributed by atoms with Crippen LogP contribution >= 0.6 is 0 Å². The van der Waals surface area contributed by atoms with E-state index in [-0.39, 0.29) is 5.91 Å². The number of pyridine rings is 1. The van der Waals surface area contributed by atoms with Gasteiger partial charge in [-0.3, -0.25) is 4.79 Å². The van der Waals surface area contributed by atoms with Crippen LogP contribution in [0.5, 0.6) is 0 Å². The van der Waals surface area contributed by atoms with Gasteiger partial charge in [0, 0.05) is 19.8 Å². The Hall–Kier alpha value is -1.62. The molecule has 110 valence electrons. The van der Waals surface area contributed by atoms with Crippen molar-refractivity contribution in [3.8, 4) is 0 Å². The number of hydrogen-bond acceptors (Lipinski definition) is 4. The number of hydrogen-bond donors (Lipinski definition) is 3. The van der Waals surface area contributed by atoms with Crippen LogP contribution in [0, 0.1) is 5.92 Å². The number of carbonyl (C=O) groups excluding carboxylic acids is 1. The lowest BCUT2D eigenvalue weighted by atomic mass is 9.79. The van der Waals surface area contributed by atoms with E-state index in [0.29, 0.717) is 18.0 Å². The van der Waals surface area contributed by atoms with E-state index in [2.05, 4.69) is 22.5 Å². The smallest absolute Gasteiger partial charge is 0.252 e. The summed E-state index contributed by atoms with van der Waals surface area (Å²) in [6.07, 6.45) is 5.08. The maximum Gasteiger partial charge on any atom is 0.252 e. The number of aromatic nitrogens is 1. The van der Waals surface area contributed by atoms with E-state index < -0.39 is 5.60 Å². The molecule has 0 unspecified atom stereocenters. The van der Waals surface area contributed by atoms with Gasteiger partial charge in [0.15, 0.2) is 0 Å². The zero-order chi connectivity index (χ0) is 14.6. The number of carbonyl (C=O) groups is 1. The first-order valence-corrected chi connectivity index (χ1v) is 7.17. The van der Waals surface area contributed by atoms with Gasteiger partial charge in [-0.05, 0) is 43.7 Å². The summed E-state index contributed by atoms with van der Waals surface area (Å²) < 4.78 is 0. The van der Waals surface area contributed by atoms with Crippen LogP contribution in [0.3, 0.4) is 0 Å². The Morgan fingerprint density at radius 3 is 2.70 bits per heavy atom. The van der Waals surface area contributed by atoms with Crippen LogP contribution in [0.15, 0.2) is 18.3 Å². The van der Waals surface area contributed by atoms with Gasteiger partial charge < -0.3 is 15.7 Å². The fourth-order valence-electron chi connectivity index (χ4n) is 2.50. The van der Waals surface area contributed by atoms with Crippen molar-refractivity contribution in [1.29, 1.82) is 0 Å². The lowest BCUT2D eigenvalue weighted by molar-refractivity contribution is -0.00540. The summed E-state index contributed by atoms with van der Waals surface area (Å²) in [6.45, 7) is 2.51. The third-order valence-corrected chi connectivity index (χ3v) is 4.06. The number of anilines is 1. The minimum absolute atomic E-state index is 0.188. The molecule has 0 spiro atoms. The number of nitrogens with one attached hydrogen (secondary N) is 2. The summed E-state index contributed by atoms with van der Waals surface area (Å²) in [6, 6.07) is 3.48. The third kappa shape index (κ3) is 3.70. The fraction of sp³-hybridized carbons (Fsp3) is 0.600. The summed E-state index contributed by atoms with van der Waals surface area (Å²) >= 11 is 0. The molecule has 5 heteroatoms. The maximum atomic E-state index is 12.0. The van der Waals surface area contributed by atoms with Gasteiger partial charge in [-0.2, -0.15) is 0 Å². The molecule has 0 bridgehead atoms. The van der Waals surface area contributed by atoms with Crippen molar-refractivity contribution in [3.05, 3.63) is 23.9 Å². The second kappa shape index (κ2) is 6.22. The van der Waals surface area contributed by atoms with Gasteiger partial charge in [0.2, 0.25) is 0 Å². The average Bonchev–Trinajstić information content (AvgIpc) is 2.48. The van der Waals surface area contributed by atoms with Gasteiger partial charge >= 0.3 is 0 Å². The molecule has 0 aliphatic heterocycles. The minimum Gasteiger partial charge on any atom is -0.388 e. The summed E-state index contributed by atoms with van der Waals surface area (Å²) in [5, 5.41) is 16.1. The van der Waals surface area contributed by atoms with Crippen LogP contribution < -0.4 is 10.6 Å². The predicted octanol–water partition coefficient (Wildman–Crippen LogP) is 1.79. The van der Waals surface area contributed by atoms with Gasteiger partial charge in [-0.25, -0.2) is 4.98 Å². The molecule has 1 amide bonds. The Kier molecular flexibility index (Phi) is 4.60. The van der Waals surface area contributed by atoms with Crippen molar-refractivity contribution in [2.75, 3.05) is 18.9 Å². The van der Waals surface area contributed by atoms with Crippen molar-refractivity contribution in [2.45, 2.75) is 38.2 Å². The third-order valence-electron chi connectivity index (χ3n) is 4.06. The standard InChI is InChI=1S/C15H23N3O2/c1-11-5-7-15(20,8-6-11)10-18-14(19)12-3-4-13(16-2)17-9-12/h3-4,9,11,20H,5-8,10H2,1-2H3,(H,16,17)(H,18,19). The quantitative estimate of drug-likeness (QED) is 0.784. The highest BCUT2D eigenvalue weighted by atomic mass is 16.3. The number of rotatable bonds is 4. The minimum atomic E-state index is -0.749. The Labute approximate surface area is 119 Å². The Morgan fingerprint density at radius 1 is 1.45 bits per heavy atom. The molecule has 5 nitrogen and oxygen atoms in total. The molecule has 0 saturated heterocycles. The Bertz CT molecular complexity index is 451. The SMILES string of the molecule is CNc1ccc(C(=O)NCC2(O)CCC(C)CC2)cn1. The molecule has 1 aliphatic rings. The van der Waals surface area contributed by atoms with E-state index in [0.717, 1.165) is 31.5 Å². The molecule has 1 fully saturated rings. The van der Waals surface area contributed by atoms with E-state index in [1.165, 1.54) is 6.20 Å². The van der Waals surface area contributed by atoms with Gasteiger partial charge in [0.05, 0.1) is 11.2 Å². The summed E-state index contributed by atoms with van der Waals surface area (Å²) in [7, 11) is 1.78. The lowest BCUT2D eigenvalue weighted by Gasteiger charge is -2.34. The van der Waals surface area contributed by atoms with Gasteiger partial charge in [0.25, 0.3) is 5.91 Å². The van der Waals surface area contributed by atoms with Crippen molar-refractivity contribution >= 4 is 11.7 Å². The van der Waals surface area contributed by atoms with Crippen molar-refractivity contribution in [1.82, 2.24) is 10.3 Å². The highest BCUT2D eigenvalue weighted by molar-refractivity contribution is 5.94. The topological polar surface area (TPSA) is 74.2 Å². The van der Waals surface area contributed by atoms with Crippen LogP contribution in [-0.4, -0.2) is 35.2 Å². The summed E-state index contributed by atoms with van der Waals surface area (Å²) in [5.41, 5.74) is -0.239. The van der Waals surface area contributed by atoms with Gasteiger partial charge in [0.1, 0.15) is 5.82 Å². The second-order valence-electron chi connectivity index (χ2n) is 5.77. The molecule has 0 radical (unpaired) electrons. The maximum absolute atomic E-state index is 12.0. The lowest BCUT2D eigenvalue weighted by Crippen LogP contribution is -2.45. The first kappa shape index (κ1) is 14.8. The number of amides is 1. The molecule has 3 N–H and O–H groups in total. The fourth-order valence-corrected chi connectivity index (χ4v) is 2.50. The molecular weight excluding hydrogens is 254 g/mol. The number of aliphatic hydroxyl groups is 1. The Morgan fingerprint density at radius 2 is 2.15 bits per heavy atom. The normalized spacial score (nSPS) is 26.1. The zero-order valence-electron chi connectivity index (χ0n) is 12.1. The molecule has 1 aromatic rings. The Balaban J connectivity index is 1.88. The van der Waals surface area contributed by atoms with Crippen LogP contribution in [0.1, 0.15) is 43.0 Å². The highest BCUT2D eigenvalue weighted by Gasteiger charge is 2.32. The van der Waals surface area contributed by atoms with Crippen molar-refractivity contribution in [3.63, 3.8) is 0 Å². The van der Waals surface area contributed by atoms with Gasteiger partial charge in [-0.15, -0.1) is 0 Å². The summed E-state index contributed by atoms with van der Waals surface area (Å²) in [4.78, 5) is 16.1. The van der Waals surface area contributed by atoms with Crippen LogP contribution in [-0.2, 0) is 0 Å². The molecule has 0 aromatic carbocycles. The molecule has 1 aliphatic carbocycles. The summed E-state index contributed by atoms with van der Waals surface area (Å²) in [5.74, 6) is 1.21. The first-order chi connectivity index (χ1) is 9.52. The highest BCUT2D eigenvalue weighted by Crippen LogP contribution is 2.31. The predicted molar refractivity (Wildman–Crippen MR) is 78.7 cm³/mol.